The summed E-state index contributed by atoms with van der Waals surface area (Å²) in [5, 5.41) is 2.82. The van der Waals surface area contributed by atoms with E-state index in [0.717, 1.165) is 37.3 Å². The molecular formula is C20H27N3O2. The molecule has 134 valence electrons. The first-order valence-electron chi connectivity index (χ1n) is 9.61. The third-order valence-corrected chi connectivity index (χ3v) is 5.82. The van der Waals surface area contributed by atoms with Crippen LogP contribution in [0.1, 0.15) is 55.8 Å². The van der Waals surface area contributed by atoms with Crippen molar-refractivity contribution in [3.8, 4) is 0 Å². The molecule has 2 saturated carbocycles. The molecule has 0 bridgehead atoms. The Hall–Kier alpha value is -2.04. The van der Waals surface area contributed by atoms with Gasteiger partial charge in [0.1, 0.15) is 0 Å². The largest absolute Gasteiger partial charge is 0.336 e. The van der Waals surface area contributed by atoms with Gasteiger partial charge in [-0.05, 0) is 62.6 Å². The van der Waals surface area contributed by atoms with E-state index in [1.165, 1.54) is 12.8 Å². The normalized spacial score (nSPS) is 26.4. The number of carbonyl (C=O) groups excluding carboxylic acids is 2. The zero-order valence-electron chi connectivity index (χ0n) is 14.9. The summed E-state index contributed by atoms with van der Waals surface area (Å²) < 4.78 is 0. The average Bonchev–Trinajstić information content (AvgIpc) is 3.36. The van der Waals surface area contributed by atoms with E-state index < -0.39 is 0 Å². The van der Waals surface area contributed by atoms with Crippen molar-refractivity contribution < 1.29 is 9.59 Å². The molecule has 0 atom stereocenters. The van der Waals surface area contributed by atoms with Gasteiger partial charge in [0.25, 0.3) is 5.91 Å². The SMILES string of the molecule is CC1CCC(N(C(=O)c2cccc(N3CCNC3=O)c2)C2CC2)CC1. The molecule has 0 aromatic heterocycles. The predicted molar refractivity (Wildman–Crippen MR) is 97.8 cm³/mol. The molecule has 25 heavy (non-hydrogen) atoms. The van der Waals surface area contributed by atoms with Gasteiger partial charge < -0.3 is 10.2 Å². The van der Waals surface area contributed by atoms with Crippen molar-refractivity contribution in [2.45, 2.75) is 57.5 Å². The number of anilines is 1. The van der Waals surface area contributed by atoms with Crippen molar-refractivity contribution in [2.24, 2.45) is 5.92 Å². The van der Waals surface area contributed by atoms with Crippen LogP contribution >= 0.6 is 0 Å². The topological polar surface area (TPSA) is 52.7 Å². The number of nitrogens with one attached hydrogen (secondary N) is 1. The zero-order chi connectivity index (χ0) is 17.4. The van der Waals surface area contributed by atoms with Crippen molar-refractivity contribution in [1.29, 1.82) is 0 Å². The lowest BCUT2D eigenvalue weighted by Gasteiger charge is -2.36. The van der Waals surface area contributed by atoms with Crippen molar-refractivity contribution >= 4 is 17.6 Å². The minimum absolute atomic E-state index is 0.0788. The van der Waals surface area contributed by atoms with E-state index >= 15 is 0 Å². The maximum Gasteiger partial charge on any atom is 0.321 e. The Kier molecular flexibility index (Phi) is 4.40. The fourth-order valence-corrected chi connectivity index (χ4v) is 4.18. The average molecular weight is 341 g/mol. The molecule has 3 fully saturated rings. The molecule has 3 aliphatic rings. The monoisotopic (exact) mass is 341 g/mol. The molecule has 4 rings (SSSR count). The lowest BCUT2D eigenvalue weighted by atomic mass is 9.86. The maximum absolute atomic E-state index is 13.3. The van der Waals surface area contributed by atoms with Gasteiger partial charge in [-0.25, -0.2) is 4.79 Å². The second-order valence-corrected chi connectivity index (χ2v) is 7.79. The van der Waals surface area contributed by atoms with E-state index in [2.05, 4.69) is 17.1 Å². The van der Waals surface area contributed by atoms with Gasteiger partial charge in [-0.2, -0.15) is 0 Å². The summed E-state index contributed by atoms with van der Waals surface area (Å²) in [6.07, 6.45) is 6.94. The summed E-state index contributed by atoms with van der Waals surface area (Å²) in [4.78, 5) is 29.0. The fraction of sp³-hybridized carbons (Fsp3) is 0.600. The van der Waals surface area contributed by atoms with Crippen molar-refractivity contribution in [1.82, 2.24) is 10.2 Å². The number of hydrogen-bond acceptors (Lipinski definition) is 2. The van der Waals surface area contributed by atoms with Gasteiger partial charge in [-0.3, -0.25) is 9.69 Å². The smallest absolute Gasteiger partial charge is 0.321 e. The number of rotatable bonds is 4. The second-order valence-electron chi connectivity index (χ2n) is 7.79. The van der Waals surface area contributed by atoms with Gasteiger partial charge in [0, 0.05) is 36.4 Å². The first-order chi connectivity index (χ1) is 12.1. The van der Waals surface area contributed by atoms with Crippen molar-refractivity contribution in [3.63, 3.8) is 0 Å². The number of urea groups is 1. The molecule has 5 nitrogen and oxygen atoms in total. The number of hydrogen-bond donors (Lipinski definition) is 1. The fourth-order valence-electron chi connectivity index (χ4n) is 4.18. The molecule has 1 saturated heterocycles. The molecule has 0 radical (unpaired) electrons. The summed E-state index contributed by atoms with van der Waals surface area (Å²) in [5.41, 5.74) is 1.52. The van der Waals surface area contributed by atoms with Crippen molar-refractivity contribution in [2.75, 3.05) is 18.0 Å². The first-order valence-corrected chi connectivity index (χ1v) is 9.61. The van der Waals surface area contributed by atoms with Crippen LogP contribution in [0.2, 0.25) is 0 Å². The lowest BCUT2D eigenvalue weighted by molar-refractivity contribution is 0.0593. The van der Waals surface area contributed by atoms with Crippen LogP contribution in [-0.2, 0) is 0 Å². The highest BCUT2D eigenvalue weighted by Crippen LogP contribution is 2.36. The Labute approximate surface area is 149 Å². The van der Waals surface area contributed by atoms with Crippen LogP contribution in [0, 0.1) is 5.92 Å². The minimum atomic E-state index is -0.0788. The molecule has 1 aromatic carbocycles. The summed E-state index contributed by atoms with van der Waals surface area (Å²) >= 11 is 0. The minimum Gasteiger partial charge on any atom is -0.336 e. The molecule has 1 aromatic rings. The number of benzene rings is 1. The molecular weight excluding hydrogens is 314 g/mol. The molecule has 3 amide bonds. The standard InChI is InChI=1S/C20H27N3O2/c1-14-5-7-16(8-6-14)23(17-9-10-17)19(24)15-3-2-4-18(13-15)22-12-11-21-20(22)25/h2-4,13-14,16-17H,5-12H2,1H3,(H,21,25). The van der Waals surface area contributed by atoms with Gasteiger partial charge in [0.05, 0.1) is 0 Å². The third kappa shape index (κ3) is 3.37. The second kappa shape index (κ2) is 6.70. The molecule has 2 aliphatic carbocycles. The maximum atomic E-state index is 13.3. The number of nitrogens with zero attached hydrogens (tertiary/aromatic N) is 2. The Morgan fingerprint density at radius 3 is 2.40 bits per heavy atom. The molecule has 1 N–H and O–H groups in total. The summed E-state index contributed by atoms with van der Waals surface area (Å²) in [5.74, 6) is 0.924. The van der Waals surface area contributed by atoms with E-state index in [1.54, 1.807) is 4.90 Å². The molecule has 5 heteroatoms. The van der Waals surface area contributed by atoms with E-state index in [4.69, 9.17) is 0 Å². The van der Waals surface area contributed by atoms with Gasteiger partial charge in [0.2, 0.25) is 0 Å². The highest BCUT2D eigenvalue weighted by molar-refractivity contribution is 5.98. The van der Waals surface area contributed by atoms with Gasteiger partial charge in [-0.15, -0.1) is 0 Å². The summed E-state index contributed by atoms with van der Waals surface area (Å²) in [6, 6.07) is 8.30. The Morgan fingerprint density at radius 2 is 1.80 bits per heavy atom. The molecule has 1 aliphatic heterocycles. The van der Waals surface area contributed by atoms with Crippen LogP contribution in [-0.4, -0.2) is 42.0 Å². The van der Waals surface area contributed by atoms with Crippen LogP contribution in [0.5, 0.6) is 0 Å². The van der Waals surface area contributed by atoms with E-state index in [1.807, 2.05) is 24.3 Å². The van der Waals surface area contributed by atoms with Crippen LogP contribution < -0.4 is 10.2 Å². The highest BCUT2D eigenvalue weighted by atomic mass is 16.2. The van der Waals surface area contributed by atoms with E-state index in [-0.39, 0.29) is 11.9 Å². The van der Waals surface area contributed by atoms with Gasteiger partial charge >= 0.3 is 6.03 Å². The first kappa shape index (κ1) is 16.4. The molecule has 0 spiro atoms. The van der Waals surface area contributed by atoms with Crippen LogP contribution in [0.15, 0.2) is 24.3 Å². The Morgan fingerprint density at radius 1 is 1.12 bits per heavy atom. The number of carbonyl (C=O) groups is 2. The lowest BCUT2D eigenvalue weighted by Crippen LogP contribution is -2.43. The third-order valence-electron chi connectivity index (χ3n) is 5.82. The zero-order valence-corrected chi connectivity index (χ0v) is 14.9. The quantitative estimate of drug-likeness (QED) is 0.912. The predicted octanol–water partition coefficient (Wildman–Crippen LogP) is 3.40. The molecule has 0 unspecified atom stereocenters. The van der Waals surface area contributed by atoms with Gasteiger partial charge in [0.15, 0.2) is 0 Å². The summed E-state index contributed by atoms with van der Waals surface area (Å²) in [7, 11) is 0. The van der Waals surface area contributed by atoms with Crippen molar-refractivity contribution in [3.05, 3.63) is 29.8 Å². The number of amides is 3. The summed E-state index contributed by atoms with van der Waals surface area (Å²) in [6.45, 7) is 3.62. The van der Waals surface area contributed by atoms with Gasteiger partial charge in [-0.1, -0.05) is 13.0 Å². The van der Waals surface area contributed by atoms with Crippen LogP contribution in [0.3, 0.4) is 0 Å². The van der Waals surface area contributed by atoms with Crippen LogP contribution in [0.4, 0.5) is 10.5 Å². The highest BCUT2D eigenvalue weighted by Gasteiger charge is 2.39. The van der Waals surface area contributed by atoms with E-state index in [0.29, 0.717) is 30.7 Å². The van der Waals surface area contributed by atoms with Crippen LogP contribution in [0.25, 0.3) is 0 Å². The van der Waals surface area contributed by atoms with E-state index in [9.17, 15) is 9.59 Å². The Bertz CT molecular complexity index is 663. The molecule has 1 heterocycles. The Balaban J connectivity index is 1.55.